The molecular formula is C15H21F3N2. The number of hydrogen-bond donors (Lipinski definition) is 1. The van der Waals surface area contributed by atoms with Gasteiger partial charge in [0, 0.05) is 19.1 Å². The lowest BCUT2D eigenvalue weighted by atomic mass is 9.98. The summed E-state index contributed by atoms with van der Waals surface area (Å²) in [6.45, 7) is 3.73. The van der Waals surface area contributed by atoms with Crippen molar-refractivity contribution >= 4 is 0 Å². The van der Waals surface area contributed by atoms with E-state index in [1.54, 1.807) is 12.1 Å². The third kappa shape index (κ3) is 3.52. The number of rotatable bonds is 6. The van der Waals surface area contributed by atoms with Gasteiger partial charge in [0.05, 0.1) is 5.56 Å². The summed E-state index contributed by atoms with van der Waals surface area (Å²) < 4.78 is 39.4. The molecule has 1 aromatic rings. The Morgan fingerprint density at radius 3 is 2.45 bits per heavy atom. The molecule has 0 spiro atoms. The van der Waals surface area contributed by atoms with Crippen molar-refractivity contribution < 1.29 is 13.2 Å². The summed E-state index contributed by atoms with van der Waals surface area (Å²) in [6, 6.07) is 5.41. The topological polar surface area (TPSA) is 29.3 Å². The van der Waals surface area contributed by atoms with E-state index in [0.29, 0.717) is 18.0 Å². The molecule has 2 nitrogen and oxygen atoms in total. The predicted molar refractivity (Wildman–Crippen MR) is 73.2 cm³/mol. The Morgan fingerprint density at radius 1 is 1.30 bits per heavy atom. The second-order valence-electron chi connectivity index (χ2n) is 5.37. The van der Waals surface area contributed by atoms with E-state index in [2.05, 4.69) is 4.90 Å². The van der Waals surface area contributed by atoms with Crippen LogP contribution >= 0.6 is 0 Å². The third-order valence-corrected chi connectivity index (χ3v) is 3.89. The lowest BCUT2D eigenvalue weighted by Crippen LogP contribution is -2.36. The van der Waals surface area contributed by atoms with Crippen molar-refractivity contribution in [2.24, 2.45) is 11.7 Å². The molecule has 0 radical (unpaired) electrons. The molecule has 0 saturated heterocycles. The van der Waals surface area contributed by atoms with Crippen LogP contribution in [0.5, 0.6) is 0 Å². The lowest BCUT2D eigenvalue weighted by molar-refractivity contribution is -0.138. The highest BCUT2D eigenvalue weighted by Gasteiger charge is 2.36. The smallest absolute Gasteiger partial charge is 0.329 e. The minimum atomic E-state index is -4.33. The van der Waals surface area contributed by atoms with Gasteiger partial charge in [-0.05, 0) is 36.9 Å². The molecule has 1 atom stereocenters. The Bertz CT molecular complexity index is 441. The normalized spacial score (nSPS) is 17.5. The van der Waals surface area contributed by atoms with Gasteiger partial charge in [-0.3, -0.25) is 4.90 Å². The van der Waals surface area contributed by atoms with E-state index in [9.17, 15) is 13.2 Å². The van der Waals surface area contributed by atoms with Crippen LogP contribution in [-0.2, 0) is 6.18 Å². The van der Waals surface area contributed by atoms with Crippen LogP contribution < -0.4 is 5.73 Å². The second-order valence-corrected chi connectivity index (χ2v) is 5.37. The van der Waals surface area contributed by atoms with Crippen LogP contribution in [-0.4, -0.2) is 24.5 Å². The minimum Gasteiger partial charge on any atom is -0.329 e. The number of nitrogens with zero attached hydrogens (tertiary/aromatic N) is 1. The number of alkyl halides is 3. The summed E-state index contributed by atoms with van der Waals surface area (Å²) >= 11 is 0. The highest BCUT2D eigenvalue weighted by molar-refractivity contribution is 5.32. The van der Waals surface area contributed by atoms with Crippen molar-refractivity contribution in [3.8, 4) is 0 Å². The van der Waals surface area contributed by atoms with Gasteiger partial charge in [0.1, 0.15) is 0 Å². The Kier molecular flexibility index (Phi) is 4.70. The summed E-state index contributed by atoms with van der Waals surface area (Å²) in [6.07, 6.45) is -1.98. The van der Waals surface area contributed by atoms with Crippen molar-refractivity contribution in [2.75, 3.05) is 19.6 Å². The SMILES string of the molecule is CCN(CC1CC1)C(CN)c1ccccc1C(F)(F)F. The summed E-state index contributed by atoms with van der Waals surface area (Å²) in [5.74, 6) is 0.627. The van der Waals surface area contributed by atoms with E-state index >= 15 is 0 Å². The van der Waals surface area contributed by atoms with E-state index in [-0.39, 0.29) is 12.6 Å². The van der Waals surface area contributed by atoms with E-state index < -0.39 is 11.7 Å². The van der Waals surface area contributed by atoms with Crippen LogP contribution in [0.25, 0.3) is 0 Å². The molecule has 2 N–H and O–H groups in total. The summed E-state index contributed by atoms with van der Waals surface area (Å²) in [4.78, 5) is 2.07. The first kappa shape index (κ1) is 15.3. The molecule has 0 bridgehead atoms. The maximum Gasteiger partial charge on any atom is 0.416 e. The zero-order valence-electron chi connectivity index (χ0n) is 11.7. The van der Waals surface area contributed by atoms with Crippen molar-refractivity contribution in [2.45, 2.75) is 32.0 Å². The molecule has 112 valence electrons. The molecule has 1 aliphatic rings. The third-order valence-electron chi connectivity index (χ3n) is 3.89. The number of likely N-dealkylation sites (N-methyl/N-ethyl adjacent to an activating group) is 1. The van der Waals surface area contributed by atoms with Gasteiger partial charge >= 0.3 is 6.18 Å². The first-order valence-corrected chi connectivity index (χ1v) is 7.07. The quantitative estimate of drug-likeness (QED) is 0.868. The first-order chi connectivity index (χ1) is 9.47. The van der Waals surface area contributed by atoms with Crippen LogP contribution in [0.3, 0.4) is 0 Å². The van der Waals surface area contributed by atoms with Crippen molar-refractivity contribution in [1.82, 2.24) is 4.90 Å². The standard InChI is InChI=1S/C15H21F3N2/c1-2-20(10-11-7-8-11)14(9-19)12-5-3-4-6-13(12)15(16,17)18/h3-6,11,14H,2,7-10,19H2,1H3. The number of benzene rings is 1. The first-order valence-electron chi connectivity index (χ1n) is 7.07. The summed E-state index contributed by atoms with van der Waals surface area (Å²) in [5, 5.41) is 0. The highest BCUT2D eigenvalue weighted by Crippen LogP contribution is 2.37. The van der Waals surface area contributed by atoms with Crippen LogP contribution in [0.15, 0.2) is 24.3 Å². The lowest BCUT2D eigenvalue weighted by Gasteiger charge is -2.32. The van der Waals surface area contributed by atoms with E-state index in [1.807, 2.05) is 6.92 Å². The summed E-state index contributed by atoms with van der Waals surface area (Å²) in [7, 11) is 0. The molecule has 0 aromatic heterocycles. The number of nitrogens with two attached hydrogens (primary N) is 1. The Morgan fingerprint density at radius 2 is 1.95 bits per heavy atom. The molecule has 1 unspecified atom stereocenters. The molecule has 20 heavy (non-hydrogen) atoms. The minimum absolute atomic E-state index is 0.202. The van der Waals surface area contributed by atoms with Gasteiger partial charge in [0.15, 0.2) is 0 Å². The zero-order valence-corrected chi connectivity index (χ0v) is 11.7. The van der Waals surface area contributed by atoms with E-state index in [1.165, 1.54) is 18.9 Å². The predicted octanol–water partition coefficient (Wildman–Crippen LogP) is 3.44. The molecule has 1 aromatic carbocycles. The fourth-order valence-corrected chi connectivity index (χ4v) is 2.63. The van der Waals surface area contributed by atoms with Gasteiger partial charge < -0.3 is 5.73 Å². The van der Waals surface area contributed by atoms with Gasteiger partial charge in [-0.1, -0.05) is 25.1 Å². The average molecular weight is 286 g/mol. The maximum absolute atomic E-state index is 13.1. The molecule has 0 aliphatic heterocycles. The van der Waals surface area contributed by atoms with E-state index in [0.717, 1.165) is 12.6 Å². The van der Waals surface area contributed by atoms with Crippen LogP contribution in [0, 0.1) is 5.92 Å². The molecule has 1 aliphatic carbocycles. The molecule has 5 heteroatoms. The van der Waals surface area contributed by atoms with Crippen LogP contribution in [0.1, 0.15) is 36.9 Å². The second kappa shape index (κ2) is 6.14. The molecule has 2 rings (SSSR count). The molecule has 1 fully saturated rings. The maximum atomic E-state index is 13.1. The number of halogens is 3. The Balaban J connectivity index is 2.30. The largest absolute Gasteiger partial charge is 0.416 e. The van der Waals surface area contributed by atoms with E-state index in [4.69, 9.17) is 5.73 Å². The highest BCUT2D eigenvalue weighted by atomic mass is 19.4. The van der Waals surface area contributed by atoms with Gasteiger partial charge in [0.25, 0.3) is 0 Å². The zero-order chi connectivity index (χ0) is 14.8. The molecule has 0 amide bonds. The Labute approximate surface area is 117 Å². The fourth-order valence-electron chi connectivity index (χ4n) is 2.63. The summed E-state index contributed by atoms with van der Waals surface area (Å²) in [5.41, 5.74) is 5.51. The van der Waals surface area contributed by atoms with Gasteiger partial charge in [0.2, 0.25) is 0 Å². The molecule has 1 saturated carbocycles. The van der Waals surface area contributed by atoms with Gasteiger partial charge in [-0.2, -0.15) is 13.2 Å². The monoisotopic (exact) mass is 286 g/mol. The van der Waals surface area contributed by atoms with Crippen molar-refractivity contribution in [3.63, 3.8) is 0 Å². The van der Waals surface area contributed by atoms with Gasteiger partial charge in [-0.15, -0.1) is 0 Å². The van der Waals surface area contributed by atoms with Crippen molar-refractivity contribution in [1.29, 1.82) is 0 Å². The molecular weight excluding hydrogens is 265 g/mol. The van der Waals surface area contributed by atoms with Crippen LogP contribution in [0.4, 0.5) is 13.2 Å². The van der Waals surface area contributed by atoms with Gasteiger partial charge in [-0.25, -0.2) is 0 Å². The van der Waals surface area contributed by atoms with Crippen LogP contribution in [0.2, 0.25) is 0 Å². The Hall–Kier alpha value is -1.07. The fraction of sp³-hybridized carbons (Fsp3) is 0.600. The van der Waals surface area contributed by atoms with Crippen molar-refractivity contribution in [3.05, 3.63) is 35.4 Å². The average Bonchev–Trinajstić information content (AvgIpc) is 3.22. The number of hydrogen-bond acceptors (Lipinski definition) is 2. The molecule has 0 heterocycles.